The molecule has 0 aromatic rings. The average molecular weight is 215 g/mol. The monoisotopic (exact) mass is 215 g/mol. The Bertz CT molecular complexity index is 222. The summed E-state index contributed by atoms with van der Waals surface area (Å²) in [5.74, 6) is -0.731. The number of rotatable bonds is 4. The van der Waals surface area contributed by atoms with Crippen molar-refractivity contribution >= 4 is 5.97 Å². The fourth-order valence-electron chi connectivity index (χ4n) is 2.10. The summed E-state index contributed by atoms with van der Waals surface area (Å²) in [5.41, 5.74) is 0.226. The Balaban J connectivity index is 2.45. The van der Waals surface area contributed by atoms with Crippen LogP contribution in [0, 0.1) is 5.41 Å². The van der Waals surface area contributed by atoms with Crippen LogP contribution in [-0.2, 0) is 9.53 Å². The molecule has 1 aliphatic heterocycles. The first kappa shape index (κ1) is 12.5. The molecule has 0 aromatic heterocycles. The molecule has 0 spiro atoms. The summed E-state index contributed by atoms with van der Waals surface area (Å²) < 4.78 is 5.19. The maximum atomic E-state index is 10.8. The van der Waals surface area contributed by atoms with Crippen molar-refractivity contribution < 1.29 is 14.6 Å². The van der Waals surface area contributed by atoms with E-state index in [0.717, 1.165) is 32.5 Å². The second kappa shape index (κ2) is 4.94. The number of ether oxygens (including phenoxy) is 1. The Labute approximate surface area is 91.2 Å². The van der Waals surface area contributed by atoms with E-state index in [9.17, 15) is 4.79 Å². The first-order valence-electron chi connectivity index (χ1n) is 5.44. The molecule has 1 atom stereocenters. The third kappa shape index (κ3) is 3.18. The predicted molar refractivity (Wildman–Crippen MR) is 57.9 cm³/mol. The van der Waals surface area contributed by atoms with Gasteiger partial charge in [0.2, 0.25) is 0 Å². The van der Waals surface area contributed by atoms with Gasteiger partial charge in [-0.15, -0.1) is 0 Å². The van der Waals surface area contributed by atoms with Gasteiger partial charge in [-0.25, -0.2) is 0 Å². The number of hydrogen-bond acceptors (Lipinski definition) is 3. The molecule has 0 amide bonds. The number of carboxylic acids is 1. The summed E-state index contributed by atoms with van der Waals surface area (Å²) in [5, 5.41) is 8.90. The van der Waals surface area contributed by atoms with Crippen molar-refractivity contribution in [2.75, 3.05) is 26.8 Å². The van der Waals surface area contributed by atoms with Crippen molar-refractivity contribution in [3.63, 3.8) is 0 Å². The van der Waals surface area contributed by atoms with E-state index in [1.54, 1.807) is 14.0 Å². The molecule has 0 unspecified atom stereocenters. The molecule has 0 saturated carbocycles. The Kier molecular flexibility index (Phi) is 4.11. The third-order valence-corrected chi connectivity index (χ3v) is 3.40. The van der Waals surface area contributed by atoms with Crippen LogP contribution in [0.2, 0.25) is 0 Å². The maximum absolute atomic E-state index is 10.8. The van der Waals surface area contributed by atoms with E-state index in [0.29, 0.717) is 0 Å². The molecule has 15 heavy (non-hydrogen) atoms. The lowest BCUT2D eigenvalue weighted by Crippen LogP contribution is -2.47. The van der Waals surface area contributed by atoms with Crippen molar-refractivity contribution in [1.29, 1.82) is 0 Å². The molecule has 0 bridgehead atoms. The van der Waals surface area contributed by atoms with E-state index >= 15 is 0 Å². The fourth-order valence-corrected chi connectivity index (χ4v) is 2.10. The van der Waals surface area contributed by atoms with Crippen LogP contribution in [0.1, 0.15) is 26.7 Å². The molecule has 1 heterocycles. The van der Waals surface area contributed by atoms with Gasteiger partial charge in [-0.2, -0.15) is 0 Å². The minimum absolute atomic E-state index is 0.226. The number of piperidine rings is 1. The minimum atomic E-state index is -0.731. The molecule has 0 aliphatic carbocycles. The molecule has 4 heteroatoms. The lowest BCUT2D eigenvalue weighted by molar-refractivity contribution is -0.143. The fraction of sp³-hybridized carbons (Fsp3) is 0.909. The summed E-state index contributed by atoms with van der Waals surface area (Å²) in [4.78, 5) is 12.8. The van der Waals surface area contributed by atoms with E-state index < -0.39 is 5.97 Å². The van der Waals surface area contributed by atoms with Gasteiger partial charge < -0.3 is 9.84 Å². The highest BCUT2D eigenvalue weighted by molar-refractivity contribution is 5.72. The first-order valence-corrected chi connectivity index (χ1v) is 5.44. The number of likely N-dealkylation sites (tertiary alicyclic amines) is 1. The van der Waals surface area contributed by atoms with Gasteiger partial charge in [0, 0.05) is 7.11 Å². The second-order valence-corrected chi connectivity index (χ2v) is 4.79. The molecular weight excluding hydrogens is 194 g/mol. The SMILES string of the molecule is COCC1(C)CCN([C@@H](C)C(=O)O)CC1. The van der Waals surface area contributed by atoms with Gasteiger partial charge >= 0.3 is 5.97 Å². The molecule has 1 aliphatic rings. The van der Waals surface area contributed by atoms with Crippen LogP contribution in [0.15, 0.2) is 0 Å². The number of carbonyl (C=O) groups is 1. The zero-order chi connectivity index (χ0) is 11.5. The van der Waals surface area contributed by atoms with Crippen molar-refractivity contribution in [3.05, 3.63) is 0 Å². The van der Waals surface area contributed by atoms with E-state index in [2.05, 4.69) is 6.92 Å². The van der Waals surface area contributed by atoms with Crippen LogP contribution >= 0.6 is 0 Å². The lowest BCUT2D eigenvalue weighted by Gasteiger charge is -2.40. The molecule has 88 valence electrons. The number of aliphatic carboxylic acids is 1. The molecule has 0 radical (unpaired) electrons. The van der Waals surface area contributed by atoms with Crippen molar-refractivity contribution in [2.45, 2.75) is 32.7 Å². The molecule has 0 aromatic carbocycles. The van der Waals surface area contributed by atoms with Gasteiger partial charge in [0.05, 0.1) is 6.61 Å². The molecule has 1 saturated heterocycles. The van der Waals surface area contributed by atoms with Gasteiger partial charge in [-0.3, -0.25) is 9.69 Å². The molecule has 1 rings (SSSR count). The standard InChI is InChI=1S/C11H21NO3/c1-9(10(13)14)12-6-4-11(2,5-7-12)8-15-3/h9H,4-8H2,1-3H3,(H,13,14)/t9-/m0/s1. The molecular formula is C11H21NO3. The Hall–Kier alpha value is -0.610. The van der Waals surface area contributed by atoms with Gasteiger partial charge in [0.25, 0.3) is 0 Å². The summed E-state index contributed by atoms with van der Waals surface area (Å²) in [6.45, 7) is 6.43. The Morgan fingerprint density at radius 1 is 1.53 bits per heavy atom. The number of methoxy groups -OCH3 is 1. The summed E-state index contributed by atoms with van der Waals surface area (Å²) in [6, 6.07) is -0.364. The normalized spacial score (nSPS) is 23.7. The molecule has 1 fully saturated rings. The summed E-state index contributed by atoms with van der Waals surface area (Å²) >= 11 is 0. The van der Waals surface area contributed by atoms with Gasteiger partial charge in [0.15, 0.2) is 0 Å². The van der Waals surface area contributed by atoms with E-state index in [-0.39, 0.29) is 11.5 Å². The van der Waals surface area contributed by atoms with Crippen molar-refractivity contribution in [2.24, 2.45) is 5.41 Å². The summed E-state index contributed by atoms with van der Waals surface area (Å²) in [6.07, 6.45) is 2.02. The van der Waals surface area contributed by atoms with Crippen molar-refractivity contribution in [1.82, 2.24) is 4.90 Å². The maximum Gasteiger partial charge on any atom is 0.320 e. The topological polar surface area (TPSA) is 49.8 Å². The van der Waals surface area contributed by atoms with Crippen molar-refractivity contribution in [3.8, 4) is 0 Å². The third-order valence-electron chi connectivity index (χ3n) is 3.40. The Morgan fingerprint density at radius 2 is 2.07 bits per heavy atom. The molecule has 4 nitrogen and oxygen atoms in total. The quantitative estimate of drug-likeness (QED) is 0.765. The van der Waals surface area contributed by atoms with E-state index in [1.165, 1.54) is 0 Å². The largest absolute Gasteiger partial charge is 0.480 e. The molecule has 1 N–H and O–H groups in total. The highest BCUT2D eigenvalue weighted by atomic mass is 16.5. The smallest absolute Gasteiger partial charge is 0.320 e. The lowest BCUT2D eigenvalue weighted by atomic mass is 9.81. The van der Waals surface area contributed by atoms with Crippen LogP contribution in [0.25, 0.3) is 0 Å². The van der Waals surface area contributed by atoms with Crippen LogP contribution in [-0.4, -0.2) is 48.8 Å². The zero-order valence-corrected chi connectivity index (χ0v) is 9.82. The average Bonchev–Trinajstić information content (AvgIpc) is 2.18. The first-order chi connectivity index (χ1) is 6.98. The number of nitrogens with zero attached hydrogens (tertiary/aromatic N) is 1. The minimum Gasteiger partial charge on any atom is -0.480 e. The zero-order valence-electron chi connectivity index (χ0n) is 9.82. The number of carboxylic acid groups (broad SMARTS) is 1. The van der Waals surface area contributed by atoms with Crippen LogP contribution < -0.4 is 0 Å². The summed E-state index contributed by atoms with van der Waals surface area (Å²) in [7, 11) is 1.72. The van der Waals surface area contributed by atoms with Gasteiger partial charge in [0.1, 0.15) is 6.04 Å². The van der Waals surface area contributed by atoms with Crippen LogP contribution in [0.3, 0.4) is 0 Å². The van der Waals surface area contributed by atoms with E-state index in [1.807, 2.05) is 4.90 Å². The van der Waals surface area contributed by atoms with Gasteiger partial charge in [-0.05, 0) is 38.3 Å². The van der Waals surface area contributed by atoms with E-state index in [4.69, 9.17) is 9.84 Å². The Morgan fingerprint density at radius 3 is 2.47 bits per heavy atom. The van der Waals surface area contributed by atoms with Gasteiger partial charge in [-0.1, -0.05) is 6.92 Å². The highest BCUT2D eigenvalue weighted by Crippen LogP contribution is 2.31. The van der Waals surface area contributed by atoms with Crippen LogP contribution in [0.5, 0.6) is 0 Å². The number of hydrogen-bond donors (Lipinski definition) is 1. The highest BCUT2D eigenvalue weighted by Gasteiger charge is 2.33. The van der Waals surface area contributed by atoms with Crippen LogP contribution in [0.4, 0.5) is 0 Å². The second-order valence-electron chi connectivity index (χ2n) is 4.79. The predicted octanol–water partition coefficient (Wildman–Crippen LogP) is 1.21.